The summed E-state index contributed by atoms with van der Waals surface area (Å²) >= 11 is 7.33. The zero-order chi connectivity index (χ0) is 12.4. The molecule has 0 radical (unpaired) electrons. The molecule has 2 rings (SSSR count). The lowest BCUT2D eigenvalue weighted by Crippen LogP contribution is -2.04. The standard InChI is InChI=1S/C12H13ClN2OS/c1-8(2)5-15-6-9(7-16)12(14-15)10-3-4-11(13)17-10/h3-4,6-8H,5H2,1-2H3. The maximum absolute atomic E-state index is 11.0. The topological polar surface area (TPSA) is 34.9 Å². The Morgan fingerprint density at radius 1 is 1.53 bits per heavy atom. The Bertz CT molecular complexity index is 530. The van der Waals surface area contributed by atoms with Crippen molar-refractivity contribution in [3.63, 3.8) is 0 Å². The lowest BCUT2D eigenvalue weighted by atomic mass is 10.2. The molecular weight excluding hydrogens is 256 g/mol. The van der Waals surface area contributed by atoms with Gasteiger partial charge in [-0.1, -0.05) is 25.4 Å². The summed E-state index contributed by atoms with van der Waals surface area (Å²) in [6.07, 6.45) is 2.63. The SMILES string of the molecule is CC(C)Cn1cc(C=O)c(-c2ccc(Cl)s2)n1. The van der Waals surface area contributed by atoms with Gasteiger partial charge in [0, 0.05) is 12.7 Å². The monoisotopic (exact) mass is 268 g/mol. The number of hydrogen-bond acceptors (Lipinski definition) is 3. The highest BCUT2D eigenvalue weighted by atomic mass is 35.5. The van der Waals surface area contributed by atoms with Gasteiger partial charge in [-0.15, -0.1) is 11.3 Å². The van der Waals surface area contributed by atoms with Crippen LogP contribution < -0.4 is 0 Å². The molecule has 3 nitrogen and oxygen atoms in total. The van der Waals surface area contributed by atoms with Crippen LogP contribution >= 0.6 is 22.9 Å². The van der Waals surface area contributed by atoms with Crippen molar-refractivity contribution in [2.45, 2.75) is 20.4 Å². The molecule has 0 saturated carbocycles. The second-order valence-corrected chi connectivity index (χ2v) is 5.99. The van der Waals surface area contributed by atoms with E-state index in [0.717, 1.165) is 23.4 Å². The van der Waals surface area contributed by atoms with Crippen molar-refractivity contribution in [1.29, 1.82) is 0 Å². The fourth-order valence-corrected chi connectivity index (χ4v) is 2.67. The van der Waals surface area contributed by atoms with Crippen molar-refractivity contribution >= 4 is 29.2 Å². The zero-order valence-electron chi connectivity index (χ0n) is 9.68. The van der Waals surface area contributed by atoms with E-state index < -0.39 is 0 Å². The molecule has 5 heteroatoms. The van der Waals surface area contributed by atoms with Crippen LogP contribution in [0.2, 0.25) is 4.34 Å². The van der Waals surface area contributed by atoms with Gasteiger partial charge in [0.25, 0.3) is 0 Å². The molecule has 0 aliphatic heterocycles. The quantitative estimate of drug-likeness (QED) is 0.792. The van der Waals surface area contributed by atoms with Crippen LogP contribution in [0.5, 0.6) is 0 Å². The smallest absolute Gasteiger partial charge is 0.153 e. The first-order valence-corrected chi connectivity index (χ1v) is 6.58. The average molecular weight is 269 g/mol. The van der Waals surface area contributed by atoms with Gasteiger partial charge in [0.15, 0.2) is 6.29 Å². The van der Waals surface area contributed by atoms with Gasteiger partial charge < -0.3 is 0 Å². The van der Waals surface area contributed by atoms with E-state index >= 15 is 0 Å². The summed E-state index contributed by atoms with van der Waals surface area (Å²) in [6, 6.07) is 3.71. The van der Waals surface area contributed by atoms with Crippen molar-refractivity contribution in [2.24, 2.45) is 5.92 Å². The highest BCUT2D eigenvalue weighted by Gasteiger charge is 2.13. The first-order valence-electron chi connectivity index (χ1n) is 5.38. The van der Waals surface area contributed by atoms with Crippen molar-refractivity contribution in [3.8, 4) is 10.6 Å². The minimum atomic E-state index is 0.495. The molecule has 0 N–H and O–H groups in total. The molecule has 0 fully saturated rings. The number of aromatic nitrogens is 2. The highest BCUT2D eigenvalue weighted by Crippen LogP contribution is 2.31. The fourth-order valence-electron chi connectivity index (χ4n) is 1.62. The summed E-state index contributed by atoms with van der Waals surface area (Å²) in [5, 5.41) is 4.44. The fraction of sp³-hybridized carbons (Fsp3) is 0.333. The van der Waals surface area contributed by atoms with Crippen molar-refractivity contribution < 1.29 is 4.79 Å². The van der Waals surface area contributed by atoms with Gasteiger partial charge in [-0.2, -0.15) is 5.10 Å². The molecule has 0 unspecified atom stereocenters. The first kappa shape index (κ1) is 12.3. The lowest BCUT2D eigenvalue weighted by molar-refractivity contribution is 0.112. The number of nitrogens with zero attached hydrogens (tertiary/aromatic N) is 2. The van der Waals surface area contributed by atoms with Gasteiger partial charge in [0.1, 0.15) is 5.69 Å². The summed E-state index contributed by atoms with van der Waals surface area (Å²) in [7, 11) is 0. The van der Waals surface area contributed by atoms with E-state index in [0.29, 0.717) is 15.8 Å². The molecule has 0 aliphatic rings. The van der Waals surface area contributed by atoms with Crippen LogP contribution in [-0.4, -0.2) is 16.1 Å². The number of hydrogen-bond donors (Lipinski definition) is 0. The Labute approximate surface area is 109 Å². The minimum Gasteiger partial charge on any atom is -0.298 e. The second-order valence-electron chi connectivity index (χ2n) is 4.27. The summed E-state index contributed by atoms with van der Waals surface area (Å²) in [5.74, 6) is 0.495. The van der Waals surface area contributed by atoms with Crippen LogP contribution in [0.15, 0.2) is 18.3 Å². The Morgan fingerprint density at radius 3 is 2.82 bits per heavy atom. The zero-order valence-corrected chi connectivity index (χ0v) is 11.3. The van der Waals surface area contributed by atoms with E-state index in [-0.39, 0.29) is 0 Å². The van der Waals surface area contributed by atoms with Gasteiger partial charge in [-0.25, -0.2) is 0 Å². The predicted molar refractivity (Wildman–Crippen MR) is 70.8 cm³/mol. The van der Waals surface area contributed by atoms with E-state index in [9.17, 15) is 4.79 Å². The molecule has 2 heterocycles. The van der Waals surface area contributed by atoms with Gasteiger partial charge in [-0.3, -0.25) is 9.48 Å². The third-order valence-electron chi connectivity index (χ3n) is 2.28. The van der Waals surface area contributed by atoms with Crippen LogP contribution in [0.1, 0.15) is 24.2 Å². The van der Waals surface area contributed by atoms with Crippen molar-refractivity contribution in [1.82, 2.24) is 9.78 Å². The van der Waals surface area contributed by atoms with Crippen LogP contribution in [0.3, 0.4) is 0 Å². The van der Waals surface area contributed by atoms with Crippen molar-refractivity contribution in [3.05, 3.63) is 28.2 Å². The number of halogens is 1. The Balaban J connectivity index is 2.39. The van der Waals surface area contributed by atoms with E-state index in [2.05, 4.69) is 18.9 Å². The number of carbonyl (C=O) groups is 1. The van der Waals surface area contributed by atoms with Gasteiger partial charge in [-0.05, 0) is 18.1 Å². The number of thiophene rings is 1. The van der Waals surface area contributed by atoms with E-state index in [1.807, 2.05) is 16.8 Å². The maximum atomic E-state index is 11.0. The van der Waals surface area contributed by atoms with E-state index in [1.54, 1.807) is 6.20 Å². The molecule has 0 amide bonds. The van der Waals surface area contributed by atoms with Crippen LogP contribution in [0.25, 0.3) is 10.6 Å². The molecule has 0 bridgehead atoms. The summed E-state index contributed by atoms with van der Waals surface area (Å²) in [5.41, 5.74) is 1.33. The average Bonchev–Trinajstić information content (AvgIpc) is 2.83. The van der Waals surface area contributed by atoms with Crippen LogP contribution in [-0.2, 0) is 6.54 Å². The molecule has 0 spiro atoms. The minimum absolute atomic E-state index is 0.495. The Morgan fingerprint density at radius 2 is 2.29 bits per heavy atom. The summed E-state index contributed by atoms with van der Waals surface area (Å²) in [4.78, 5) is 12.0. The predicted octanol–water partition coefficient (Wildman–Crippen LogP) is 3.73. The summed E-state index contributed by atoms with van der Waals surface area (Å²) < 4.78 is 2.52. The van der Waals surface area contributed by atoms with Gasteiger partial charge >= 0.3 is 0 Å². The molecule has 0 saturated heterocycles. The van der Waals surface area contributed by atoms with E-state index in [4.69, 9.17) is 11.6 Å². The van der Waals surface area contributed by atoms with Gasteiger partial charge in [0.05, 0.1) is 14.8 Å². The normalized spacial score (nSPS) is 11.1. The number of aldehydes is 1. The largest absolute Gasteiger partial charge is 0.298 e. The Kier molecular flexibility index (Phi) is 3.64. The molecule has 2 aromatic rings. The molecule has 0 aromatic carbocycles. The molecule has 2 aromatic heterocycles. The highest BCUT2D eigenvalue weighted by molar-refractivity contribution is 7.19. The third-order valence-corrected chi connectivity index (χ3v) is 3.51. The van der Waals surface area contributed by atoms with Gasteiger partial charge in [0.2, 0.25) is 0 Å². The Hall–Kier alpha value is -1.13. The second kappa shape index (κ2) is 5.02. The molecule has 0 atom stereocenters. The molecular formula is C12H13ClN2OS. The first-order chi connectivity index (χ1) is 8.10. The lowest BCUT2D eigenvalue weighted by Gasteiger charge is -2.03. The molecule has 17 heavy (non-hydrogen) atoms. The molecule has 90 valence electrons. The molecule has 0 aliphatic carbocycles. The van der Waals surface area contributed by atoms with Crippen LogP contribution in [0.4, 0.5) is 0 Å². The number of rotatable bonds is 4. The maximum Gasteiger partial charge on any atom is 0.153 e. The summed E-state index contributed by atoms with van der Waals surface area (Å²) in [6.45, 7) is 5.04. The third kappa shape index (κ3) is 2.76. The number of carbonyl (C=O) groups excluding carboxylic acids is 1. The van der Waals surface area contributed by atoms with Crippen molar-refractivity contribution in [2.75, 3.05) is 0 Å². The van der Waals surface area contributed by atoms with E-state index in [1.165, 1.54) is 11.3 Å². The van der Waals surface area contributed by atoms with Crippen LogP contribution in [0, 0.1) is 5.92 Å².